The normalized spacial score (nSPS) is 17.2. The Morgan fingerprint density at radius 1 is 0.929 bits per heavy atom. The lowest BCUT2D eigenvalue weighted by molar-refractivity contribution is 0.561. The second-order valence-electron chi connectivity index (χ2n) is 6.65. The summed E-state index contributed by atoms with van der Waals surface area (Å²) in [6.45, 7) is 8.17. The highest BCUT2D eigenvalue weighted by atomic mass is 15.1. The second-order valence-corrected chi connectivity index (χ2v) is 6.65. The monoisotopic (exact) mass is 373 g/mol. The number of hydrogen-bond donors (Lipinski definition) is 3. The number of nitrogens with one attached hydrogen (secondary N) is 3. The van der Waals surface area contributed by atoms with Gasteiger partial charge in [0.15, 0.2) is 0 Å². The van der Waals surface area contributed by atoms with Gasteiger partial charge in [0.25, 0.3) is 0 Å². The van der Waals surface area contributed by atoms with Crippen LogP contribution in [0.4, 0.5) is 0 Å². The maximum absolute atomic E-state index is 3.96. The van der Waals surface area contributed by atoms with E-state index in [0.717, 1.165) is 46.6 Å². The van der Waals surface area contributed by atoms with E-state index in [4.69, 9.17) is 0 Å². The fourth-order valence-corrected chi connectivity index (χ4v) is 3.34. The van der Waals surface area contributed by atoms with Crippen LogP contribution in [0.25, 0.3) is 22.5 Å². The molecule has 2 aromatic carbocycles. The molecule has 0 amide bonds. The third kappa shape index (κ3) is 4.75. The summed E-state index contributed by atoms with van der Waals surface area (Å²) in [4.78, 5) is 7.80. The molecule has 1 aliphatic rings. The van der Waals surface area contributed by atoms with Crippen LogP contribution in [-0.2, 0) is 0 Å². The van der Waals surface area contributed by atoms with E-state index in [1.54, 1.807) is 12.4 Å². The minimum absolute atomic E-state index is 0.291. The molecule has 0 aromatic heterocycles. The molecule has 0 aliphatic carbocycles. The molecule has 144 valence electrons. The van der Waals surface area contributed by atoms with Gasteiger partial charge in [-0.2, -0.15) is 0 Å². The van der Waals surface area contributed by atoms with Gasteiger partial charge >= 0.3 is 0 Å². The summed E-state index contributed by atoms with van der Waals surface area (Å²) in [5.74, 6) is 0. The largest absolute Gasteiger partial charge is 0.386 e. The first kappa shape index (κ1) is 19.6. The van der Waals surface area contributed by atoms with Crippen molar-refractivity contribution in [3.8, 4) is 11.1 Å². The Morgan fingerprint density at radius 3 is 1.93 bits per heavy atom. The van der Waals surface area contributed by atoms with Crippen LogP contribution in [0.15, 0.2) is 70.9 Å². The molecule has 1 saturated heterocycles. The Bertz CT molecular complexity index is 857. The van der Waals surface area contributed by atoms with Crippen molar-refractivity contribution in [1.82, 2.24) is 16.0 Å². The van der Waals surface area contributed by atoms with Crippen molar-refractivity contribution in [2.45, 2.75) is 19.0 Å². The third-order valence-electron chi connectivity index (χ3n) is 4.83. The van der Waals surface area contributed by atoms with Crippen molar-refractivity contribution >= 4 is 24.8 Å². The van der Waals surface area contributed by atoms with E-state index in [1.807, 2.05) is 7.05 Å². The van der Waals surface area contributed by atoms with E-state index >= 15 is 0 Å². The Morgan fingerprint density at radius 2 is 1.46 bits per heavy atom. The lowest BCUT2D eigenvalue weighted by Crippen LogP contribution is -2.36. The van der Waals surface area contributed by atoms with Gasteiger partial charge in [0.2, 0.25) is 0 Å². The van der Waals surface area contributed by atoms with Crippen LogP contribution in [0.3, 0.4) is 0 Å². The molecular weight excluding hydrogens is 346 g/mol. The lowest BCUT2D eigenvalue weighted by Gasteiger charge is -2.17. The average Bonchev–Trinajstić information content (AvgIpc) is 3.25. The molecule has 1 aliphatic heterocycles. The molecule has 0 saturated carbocycles. The maximum Gasteiger partial charge on any atom is 0.0769 e. The molecule has 2 aromatic rings. The molecule has 5 nitrogen and oxygen atoms in total. The molecule has 1 atom stereocenters. The lowest BCUT2D eigenvalue weighted by atomic mass is 10.0. The van der Waals surface area contributed by atoms with Crippen LogP contribution in [-0.4, -0.2) is 33.2 Å². The van der Waals surface area contributed by atoms with Crippen molar-refractivity contribution in [2.24, 2.45) is 9.98 Å². The molecule has 28 heavy (non-hydrogen) atoms. The van der Waals surface area contributed by atoms with Crippen LogP contribution in [0.2, 0.25) is 0 Å². The highest BCUT2D eigenvalue weighted by Gasteiger charge is 2.15. The Kier molecular flexibility index (Phi) is 6.76. The zero-order valence-electron chi connectivity index (χ0n) is 16.3. The highest BCUT2D eigenvalue weighted by molar-refractivity contribution is 5.72. The zero-order valence-corrected chi connectivity index (χ0v) is 16.3. The number of hydrogen-bond acceptors (Lipinski definition) is 5. The van der Waals surface area contributed by atoms with Crippen LogP contribution in [0.5, 0.6) is 0 Å². The van der Waals surface area contributed by atoms with Gasteiger partial charge in [-0.15, -0.1) is 0 Å². The zero-order chi connectivity index (χ0) is 19.8. The topological polar surface area (TPSA) is 60.8 Å². The summed E-state index contributed by atoms with van der Waals surface area (Å²) in [5, 5.41) is 10.1. The summed E-state index contributed by atoms with van der Waals surface area (Å²) in [7, 11) is 1.88. The summed E-state index contributed by atoms with van der Waals surface area (Å²) < 4.78 is 0. The first-order chi connectivity index (χ1) is 13.7. The quantitative estimate of drug-likeness (QED) is 0.616. The smallest absolute Gasteiger partial charge is 0.0769 e. The minimum Gasteiger partial charge on any atom is -0.386 e. The molecule has 3 rings (SSSR count). The van der Waals surface area contributed by atoms with Crippen molar-refractivity contribution in [1.29, 1.82) is 0 Å². The fraction of sp³-hybridized carbons (Fsp3) is 0.217. The molecule has 1 fully saturated rings. The van der Waals surface area contributed by atoms with E-state index in [9.17, 15) is 0 Å². The fourth-order valence-electron chi connectivity index (χ4n) is 3.34. The summed E-state index contributed by atoms with van der Waals surface area (Å²) in [5.41, 5.74) is 6.42. The third-order valence-corrected chi connectivity index (χ3v) is 4.83. The van der Waals surface area contributed by atoms with Crippen LogP contribution < -0.4 is 16.0 Å². The van der Waals surface area contributed by atoms with E-state index in [0.29, 0.717) is 6.17 Å². The number of rotatable bonds is 8. The van der Waals surface area contributed by atoms with Gasteiger partial charge in [0.1, 0.15) is 0 Å². The Hall–Kier alpha value is -3.18. The molecule has 0 radical (unpaired) electrons. The van der Waals surface area contributed by atoms with Gasteiger partial charge < -0.3 is 10.6 Å². The number of aliphatic imine (C=N–C) groups is 2. The van der Waals surface area contributed by atoms with Gasteiger partial charge in [0, 0.05) is 19.4 Å². The standard InChI is InChI=1S/C23H27N5/c1-24-15-21(26-3)19-10-6-17(7-11-19)18-8-12-20(13-9-18)22(16-25-2)28-23-5-4-14-27-23/h6-13,15-16,23,26-28H,1-2,4-5,14H2,3H3/b21-15-,22-16-. The molecule has 1 heterocycles. The molecule has 0 bridgehead atoms. The van der Waals surface area contributed by atoms with Crippen molar-refractivity contribution in [2.75, 3.05) is 13.6 Å². The number of nitrogens with zero attached hydrogens (tertiary/aromatic N) is 2. The summed E-state index contributed by atoms with van der Waals surface area (Å²) in [6, 6.07) is 16.9. The van der Waals surface area contributed by atoms with Crippen molar-refractivity contribution < 1.29 is 0 Å². The van der Waals surface area contributed by atoms with Crippen LogP contribution >= 0.6 is 0 Å². The van der Waals surface area contributed by atoms with Gasteiger partial charge in [0.05, 0.1) is 17.6 Å². The van der Waals surface area contributed by atoms with Crippen LogP contribution in [0, 0.1) is 0 Å². The van der Waals surface area contributed by atoms with Gasteiger partial charge in [-0.25, -0.2) is 0 Å². The maximum atomic E-state index is 3.96. The van der Waals surface area contributed by atoms with Crippen LogP contribution in [0.1, 0.15) is 24.0 Å². The van der Waals surface area contributed by atoms with Gasteiger partial charge in [-0.3, -0.25) is 15.3 Å². The van der Waals surface area contributed by atoms with Crippen molar-refractivity contribution in [3.05, 3.63) is 72.1 Å². The Labute approximate surface area is 167 Å². The van der Waals surface area contributed by atoms with E-state index in [2.05, 4.69) is 87.9 Å². The van der Waals surface area contributed by atoms with E-state index < -0.39 is 0 Å². The second kappa shape index (κ2) is 9.67. The first-order valence-electron chi connectivity index (χ1n) is 9.46. The first-order valence-corrected chi connectivity index (χ1v) is 9.46. The molecule has 5 heteroatoms. The number of benzene rings is 2. The van der Waals surface area contributed by atoms with E-state index in [1.165, 1.54) is 6.42 Å². The van der Waals surface area contributed by atoms with Crippen molar-refractivity contribution in [3.63, 3.8) is 0 Å². The predicted octanol–water partition coefficient (Wildman–Crippen LogP) is 3.87. The SMILES string of the molecule is C=N/C=C(\NC)c1ccc(-c2ccc(/C(=C/N=C)NC3CCCN3)cc2)cc1. The summed E-state index contributed by atoms with van der Waals surface area (Å²) >= 11 is 0. The molecule has 3 N–H and O–H groups in total. The van der Waals surface area contributed by atoms with Gasteiger partial charge in [-0.1, -0.05) is 48.5 Å². The minimum atomic E-state index is 0.291. The highest BCUT2D eigenvalue weighted by Crippen LogP contribution is 2.24. The average molecular weight is 374 g/mol. The molecule has 0 spiro atoms. The summed E-state index contributed by atoms with van der Waals surface area (Å²) in [6.07, 6.45) is 6.10. The molecular formula is C23H27N5. The van der Waals surface area contributed by atoms with E-state index in [-0.39, 0.29) is 0 Å². The predicted molar refractivity (Wildman–Crippen MR) is 120 cm³/mol. The Balaban J connectivity index is 1.77. The molecule has 1 unspecified atom stereocenters. The van der Waals surface area contributed by atoms with Gasteiger partial charge in [-0.05, 0) is 55.1 Å².